The first-order valence-electron chi connectivity index (χ1n) is 6.72. The number of nitrogens with one attached hydrogen (secondary N) is 2. The molecule has 8 heteroatoms. The Bertz CT molecular complexity index is 906. The summed E-state index contributed by atoms with van der Waals surface area (Å²) in [4.78, 5) is 27.5. The fourth-order valence-electron chi connectivity index (χ4n) is 2.09. The minimum absolute atomic E-state index is 0.187. The van der Waals surface area contributed by atoms with Gasteiger partial charge >= 0.3 is 0 Å². The third-order valence-electron chi connectivity index (χ3n) is 3.06. The van der Waals surface area contributed by atoms with Crippen molar-refractivity contribution in [3.05, 3.63) is 54.1 Å². The molecule has 1 aromatic carbocycles. The predicted octanol–water partition coefficient (Wildman–Crippen LogP) is 2.08. The number of benzene rings is 1. The van der Waals surface area contributed by atoms with E-state index in [1.54, 1.807) is 12.1 Å². The Morgan fingerprint density at radius 2 is 1.96 bits per heavy atom. The van der Waals surface area contributed by atoms with Crippen LogP contribution in [0.15, 0.2) is 42.7 Å². The topological polar surface area (TPSA) is 88.4 Å². The van der Waals surface area contributed by atoms with Gasteiger partial charge in [-0.05, 0) is 24.3 Å². The largest absolute Gasteiger partial charge is 0.326 e. The Balaban J connectivity index is 1.91. The van der Waals surface area contributed by atoms with Crippen LogP contribution in [-0.4, -0.2) is 26.4 Å². The van der Waals surface area contributed by atoms with E-state index < -0.39 is 11.7 Å². The van der Waals surface area contributed by atoms with Gasteiger partial charge in [0.05, 0.1) is 11.8 Å². The highest BCUT2D eigenvalue weighted by atomic mass is 19.1. The van der Waals surface area contributed by atoms with Gasteiger partial charge < -0.3 is 10.6 Å². The van der Waals surface area contributed by atoms with Crippen LogP contribution in [0.3, 0.4) is 0 Å². The second kappa shape index (κ2) is 5.84. The maximum atomic E-state index is 13.9. The highest BCUT2D eigenvalue weighted by Gasteiger charge is 2.15. The molecule has 0 saturated heterocycles. The number of amides is 2. The molecule has 23 heavy (non-hydrogen) atoms. The first-order chi connectivity index (χ1) is 11.0. The molecule has 7 nitrogen and oxygen atoms in total. The molecule has 2 heterocycles. The van der Waals surface area contributed by atoms with Crippen molar-refractivity contribution in [2.75, 3.05) is 10.6 Å². The van der Waals surface area contributed by atoms with E-state index in [1.807, 2.05) is 0 Å². The molecule has 2 amide bonds. The summed E-state index contributed by atoms with van der Waals surface area (Å²) in [5, 5.41) is 9.11. The van der Waals surface area contributed by atoms with Gasteiger partial charge in [-0.15, -0.1) is 0 Å². The van der Waals surface area contributed by atoms with Crippen molar-refractivity contribution < 1.29 is 14.0 Å². The molecule has 0 aliphatic rings. The molecule has 0 unspecified atom stereocenters. The van der Waals surface area contributed by atoms with Crippen molar-refractivity contribution in [2.24, 2.45) is 0 Å². The molecule has 0 spiro atoms. The van der Waals surface area contributed by atoms with Gasteiger partial charge in [0.2, 0.25) is 5.91 Å². The zero-order chi connectivity index (χ0) is 16.4. The smallest absolute Gasteiger partial charge is 0.259 e. The van der Waals surface area contributed by atoms with E-state index in [0.29, 0.717) is 17.2 Å². The fraction of sp³-hybridized carbons (Fsp3) is 0.0667. The highest BCUT2D eigenvalue weighted by Crippen LogP contribution is 2.17. The number of carbonyl (C=O) groups is 2. The molecule has 0 aliphatic heterocycles. The predicted molar refractivity (Wildman–Crippen MR) is 81.6 cm³/mol. The Hall–Kier alpha value is -3.29. The molecular formula is C15H12FN5O2. The SMILES string of the molecule is CC(=O)Nc1ccc(F)c(C(=O)Nc2ccnc3ccnn23)c1. The van der Waals surface area contributed by atoms with Crippen LogP contribution < -0.4 is 10.6 Å². The number of rotatable bonds is 3. The quantitative estimate of drug-likeness (QED) is 0.775. The van der Waals surface area contributed by atoms with Gasteiger partial charge in [0.25, 0.3) is 5.91 Å². The molecule has 0 radical (unpaired) electrons. The standard InChI is InChI=1S/C15H12FN5O2/c1-9(22)19-10-2-3-12(16)11(8-10)15(23)20-14-4-6-17-13-5-7-18-21(13)14/h2-8H,1H3,(H,19,22)(H,20,23). The average Bonchev–Trinajstić information content (AvgIpc) is 2.98. The van der Waals surface area contributed by atoms with Crippen LogP contribution in [0.5, 0.6) is 0 Å². The second-order valence-electron chi connectivity index (χ2n) is 4.76. The number of nitrogens with zero attached hydrogens (tertiary/aromatic N) is 3. The summed E-state index contributed by atoms with van der Waals surface area (Å²) in [6, 6.07) is 7.00. The van der Waals surface area contributed by atoms with E-state index in [0.717, 1.165) is 6.07 Å². The molecule has 0 saturated carbocycles. The average molecular weight is 313 g/mol. The summed E-state index contributed by atoms with van der Waals surface area (Å²) in [6.07, 6.45) is 3.05. The van der Waals surface area contributed by atoms with Crippen LogP contribution in [0.4, 0.5) is 15.9 Å². The van der Waals surface area contributed by atoms with Crippen molar-refractivity contribution in [3.63, 3.8) is 0 Å². The normalized spacial score (nSPS) is 10.5. The van der Waals surface area contributed by atoms with Gasteiger partial charge in [-0.25, -0.2) is 9.37 Å². The molecule has 3 rings (SSSR count). The maximum Gasteiger partial charge on any atom is 0.259 e. The minimum atomic E-state index is -0.692. The lowest BCUT2D eigenvalue weighted by atomic mass is 10.1. The lowest BCUT2D eigenvalue weighted by Gasteiger charge is -2.09. The Labute approximate surface area is 130 Å². The highest BCUT2D eigenvalue weighted by molar-refractivity contribution is 6.05. The first kappa shape index (κ1) is 14.6. The summed E-state index contributed by atoms with van der Waals surface area (Å²) in [7, 11) is 0. The summed E-state index contributed by atoms with van der Waals surface area (Å²) < 4.78 is 15.3. The number of aromatic nitrogens is 3. The van der Waals surface area contributed by atoms with Crippen LogP contribution in [0.25, 0.3) is 5.65 Å². The van der Waals surface area contributed by atoms with E-state index >= 15 is 0 Å². The summed E-state index contributed by atoms with van der Waals surface area (Å²) in [5.41, 5.74) is 0.701. The summed E-state index contributed by atoms with van der Waals surface area (Å²) in [5.74, 6) is -1.30. The molecular weight excluding hydrogens is 301 g/mol. The van der Waals surface area contributed by atoms with Gasteiger partial charge in [-0.3, -0.25) is 9.59 Å². The monoisotopic (exact) mass is 313 g/mol. The van der Waals surface area contributed by atoms with Gasteiger partial charge in [-0.1, -0.05) is 0 Å². The molecule has 116 valence electrons. The van der Waals surface area contributed by atoms with Crippen molar-refractivity contribution in [3.8, 4) is 0 Å². The molecule has 3 aromatic rings. The molecule has 0 bridgehead atoms. The Morgan fingerprint density at radius 3 is 2.74 bits per heavy atom. The van der Waals surface area contributed by atoms with Crippen molar-refractivity contribution in [1.29, 1.82) is 0 Å². The van der Waals surface area contributed by atoms with Crippen LogP contribution in [-0.2, 0) is 4.79 Å². The number of hydrogen-bond donors (Lipinski definition) is 2. The van der Waals surface area contributed by atoms with Gasteiger partial charge in [0.15, 0.2) is 5.65 Å². The van der Waals surface area contributed by atoms with E-state index in [4.69, 9.17) is 0 Å². The number of halogens is 1. The van der Waals surface area contributed by atoms with Crippen molar-refractivity contribution in [1.82, 2.24) is 14.6 Å². The van der Waals surface area contributed by atoms with Crippen molar-refractivity contribution >= 4 is 29.0 Å². The Morgan fingerprint density at radius 1 is 1.13 bits per heavy atom. The molecule has 0 aliphatic carbocycles. The number of hydrogen-bond acceptors (Lipinski definition) is 4. The number of carbonyl (C=O) groups excluding carboxylic acids is 2. The molecule has 0 fully saturated rings. The van der Waals surface area contributed by atoms with Crippen LogP contribution in [0.1, 0.15) is 17.3 Å². The third-order valence-corrected chi connectivity index (χ3v) is 3.06. The molecule has 2 N–H and O–H groups in total. The van der Waals surface area contributed by atoms with E-state index in [1.165, 1.54) is 36.0 Å². The summed E-state index contributed by atoms with van der Waals surface area (Å²) >= 11 is 0. The number of fused-ring (bicyclic) bond motifs is 1. The van der Waals surface area contributed by atoms with Crippen LogP contribution in [0.2, 0.25) is 0 Å². The summed E-state index contributed by atoms with van der Waals surface area (Å²) in [6.45, 7) is 1.33. The third kappa shape index (κ3) is 3.00. The van der Waals surface area contributed by atoms with Crippen LogP contribution >= 0.6 is 0 Å². The first-order valence-corrected chi connectivity index (χ1v) is 6.72. The van der Waals surface area contributed by atoms with E-state index in [9.17, 15) is 14.0 Å². The van der Waals surface area contributed by atoms with Crippen molar-refractivity contribution in [2.45, 2.75) is 6.92 Å². The molecule has 2 aromatic heterocycles. The molecule has 0 atom stereocenters. The van der Waals surface area contributed by atoms with Gasteiger partial charge in [0, 0.05) is 24.9 Å². The lowest BCUT2D eigenvalue weighted by Crippen LogP contribution is -2.17. The zero-order valence-electron chi connectivity index (χ0n) is 12.1. The van der Waals surface area contributed by atoms with E-state index in [2.05, 4.69) is 20.7 Å². The fourth-order valence-corrected chi connectivity index (χ4v) is 2.09. The van der Waals surface area contributed by atoms with Gasteiger partial charge in [0.1, 0.15) is 11.6 Å². The van der Waals surface area contributed by atoms with Gasteiger partial charge in [-0.2, -0.15) is 9.61 Å². The Kier molecular flexibility index (Phi) is 3.71. The number of anilines is 2. The maximum absolute atomic E-state index is 13.9. The van der Waals surface area contributed by atoms with E-state index in [-0.39, 0.29) is 11.5 Å². The lowest BCUT2D eigenvalue weighted by molar-refractivity contribution is -0.114. The minimum Gasteiger partial charge on any atom is -0.326 e. The van der Waals surface area contributed by atoms with Crippen LogP contribution in [0, 0.1) is 5.82 Å². The zero-order valence-corrected chi connectivity index (χ0v) is 12.1. The second-order valence-corrected chi connectivity index (χ2v) is 4.76.